The van der Waals surface area contributed by atoms with E-state index in [9.17, 15) is 0 Å². The standard InChI is InChI=1S/C16H25NS/c1-10(2)11-6-15(3)8-16(4)7-12(11)13(15)5-14(16)18-9-17/h10-14H,5-8H2,1-4H3/t11-,12+,13+,14-,15+,16+/m0/s1. The summed E-state index contributed by atoms with van der Waals surface area (Å²) in [6.45, 7) is 9.82. The highest BCUT2D eigenvalue weighted by Gasteiger charge is 2.64. The molecule has 0 spiro atoms. The van der Waals surface area contributed by atoms with Gasteiger partial charge in [-0.1, -0.05) is 27.7 Å². The number of thioether (sulfide) groups is 1. The van der Waals surface area contributed by atoms with Gasteiger partial charge in [-0.2, -0.15) is 5.26 Å². The molecule has 4 aliphatic carbocycles. The van der Waals surface area contributed by atoms with Crippen molar-refractivity contribution < 1.29 is 0 Å². The number of hydrogen-bond acceptors (Lipinski definition) is 2. The molecule has 18 heavy (non-hydrogen) atoms. The van der Waals surface area contributed by atoms with Gasteiger partial charge in [0.05, 0.1) is 0 Å². The van der Waals surface area contributed by atoms with Gasteiger partial charge in [0.1, 0.15) is 5.40 Å². The van der Waals surface area contributed by atoms with E-state index < -0.39 is 0 Å². The van der Waals surface area contributed by atoms with Crippen LogP contribution in [0.4, 0.5) is 0 Å². The van der Waals surface area contributed by atoms with Gasteiger partial charge >= 0.3 is 0 Å². The first-order valence-corrected chi connectivity index (χ1v) is 8.32. The molecule has 1 nitrogen and oxygen atoms in total. The highest BCUT2D eigenvalue weighted by Crippen LogP contribution is 2.71. The van der Waals surface area contributed by atoms with Crippen molar-refractivity contribution in [3.8, 4) is 5.40 Å². The van der Waals surface area contributed by atoms with Gasteiger partial charge in [0.15, 0.2) is 0 Å². The first kappa shape index (κ1) is 12.9. The van der Waals surface area contributed by atoms with Gasteiger partial charge in [0.25, 0.3) is 0 Å². The average Bonchev–Trinajstić information content (AvgIpc) is 2.47. The predicted molar refractivity (Wildman–Crippen MR) is 77.0 cm³/mol. The van der Waals surface area contributed by atoms with E-state index >= 15 is 0 Å². The van der Waals surface area contributed by atoms with Crippen LogP contribution in [-0.4, -0.2) is 5.25 Å². The van der Waals surface area contributed by atoms with E-state index in [0.717, 1.165) is 23.7 Å². The molecule has 0 radical (unpaired) electrons. The maximum Gasteiger partial charge on any atom is 0.133 e. The Balaban J connectivity index is 1.92. The summed E-state index contributed by atoms with van der Waals surface area (Å²) in [5.41, 5.74) is 1.01. The molecule has 0 heterocycles. The van der Waals surface area contributed by atoms with Gasteiger partial charge in [-0.05, 0) is 71.9 Å². The minimum Gasteiger partial charge on any atom is -0.185 e. The lowest BCUT2D eigenvalue weighted by Gasteiger charge is -2.58. The van der Waals surface area contributed by atoms with Gasteiger partial charge in [-0.15, -0.1) is 0 Å². The van der Waals surface area contributed by atoms with E-state index in [1.54, 1.807) is 11.8 Å². The number of fused-ring (bicyclic) bond motifs is 1. The zero-order chi connectivity index (χ0) is 13.1. The summed E-state index contributed by atoms with van der Waals surface area (Å²) in [5.74, 6) is 3.62. The van der Waals surface area contributed by atoms with Gasteiger partial charge in [-0.3, -0.25) is 0 Å². The van der Waals surface area contributed by atoms with Crippen LogP contribution < -0.4 is 0 Å². The quantitative estimate of drug-likeness (QED) is 0.675. The molecule has 4 saturated carbocycles. The van der Waals surface area contributed by atoms with E-state index in [2.05, 4.69) is 33.1 Å². The van der Waals surface area contributed by atoms with Crippen molar-refractivity contribution in [2.75, 3.05) is 0 Å². The maximum atomic E-state index is 9.03. The molecular formula is C16H25NS. The fourth-order valence-electron chi connectivity index (χ4n) is 5.89. The largest absolute Gasteiger partial charge is 0.185 e. The maximum absolute atomic E-state index is 9.03. The normalized spacial score (nSPS) is 53.8. The van der Waals surface area contributed by atoms with Crippen LogP contribution in [0.5, 0.6) is 0 Å². The van der Waals surface area contributed by atoms with E-state index in [0.29, 0.717) is 16.1 Å². The first-order valence-electron chi connectivity index (χ1n) is 7.44. The molecule has 100 valence electrons. The molecule has 4 aliphatic rings. The van der Waals surface area contributed by atoms with Gasteiger partial charge in [0, 0.05) is 5.25 Å². The highest BCUT2D eigenvalue weighted by atomic mass is 32.2. The van der Waals surface area contributed by atoms with Crippen LogP contribution in [0.1, 0.15) is 53.4 Å². The lowest BCUT2D eigenvalue weighted by Crippen LogP contribution is -2.52. The van der Waals surface area contributed by atoms with E-state index in [4.69, 9.17) is 5.26 Å². The van der Waals surface area contributed by atoms with Crippen LogP contribution in [0.15, 0.2) is 0 Å². The number of hydrogen-bond donors (Lipinski definition) is 0. The molecule has 0 unspecified atom stereocenters. The zero-order valence-corrected chi connectivity index (χ0v) is 12.9. The van der Waals surface area contributed by atoms with E-state index in [1.807, 2.05) is 0 Å². The second kappa shape index (κ2) is 3.92. The molecule has 0 aliphatic heterocycles. The molecule has 4 fully saturated rings. The van der Waals surface area contributed by atoms with Crippen LogP contribution in [0, 0.1) is 45.2 Å². The number of nitrogens with zero attached hydrogens (tertiary/aromatic N) is 1. The Morgan fingerprint density at radius 2 is 1.94 bits per heavy atom. The van der Waals surface area contributed by atoms with Crippen LogP contribution in [0.25, 0.3) is 0 Å². The zero-order valence-electron chi connectivity index (χ0n) is 12.1. The van der Waals surface area contributed by atoms with Crippen LogP contribution in [0.2, 0.25) is 0 Å². The molecule has 0 aromatic rings. The number of nitriles is 1. The van der Waals surface area contributed by atoms with Crippen molar-refractivity contribution in [3.63, 3.8) is 0 Å². The Morgan fingerprint density at radius 3 is 2.50 bits per heavy atom. The minimum absolute atomic E-state index is 0.429. The predicted octanol–water partition coefficient (Wildman–Crippen LogP) is 4.69. The summed E-state index contributed by atoms with van der Waals surface area (Å²) in [6.07, 6.45) is 5.50. The lowest BCUT2D eigenvalue weighted by molar-refractivity contribution is -0.0379. The summed E-state index contributed by atoms with van der Waals surface area (Å²) in [4.78, 5) is 0. The first-order chi connectivity index (χ1) is 8.39. The van der Waals surface area contributed by atoms with Gasteiger partial charge < -0.3 is 0 Å². The number of rotatable bonds is 2. The SMILES string of the molecule is CC(C)[C@@H]1C[C@]2(C)C[C@@]3(C)C[C@H]1[C@H]2C[C@@H]3SC#N. The van der Waals surface area contributed by atoms with Crippen molar-refractivity contribution in [1.29, 1.82) is 5.26 Å². The van der Waals surface area contributed by atoms with Gasteiger partial charge in [-0.25, -0.2) is 0 Å². The van der Waals surface area contributed by atoms with Crippen LogP contribution >= 0.6 is 11.8 Å². The third kappa shape index (κ3) is 1.59. The summed E-state index contributed by atoms with van der Waals surface area (Å²) in [5, 5.41) is 12.0. The Morgan fingerprint density at radius 1 is 1.22 bits per heavy atom. The molecule has 0 aromatic carbocycles. The molecule has 4 bridgehead atoms. The Labute approximate surface area is 116 Å². The molecule has 4 rings (SSSR count). The summed E-state index contributed by atoms with van der Waals surface area (Å²) in [6, 6.07) is 0. The minimum atomic E-state index is 0.429. The third-order valence-corrected chi connectivity index (χ3v) is 7.62. The molecular weight excluding hydrogens is 238 g/mol. The second-order valence-corrected chi connectivity index (χ2v) is 8.99. The molecule has 2 heteroatoms. The summed E-state index contributed by atoms with van der Waals surface area (Å²) in [7, 11) is 0. The fourth-order valence-corrected chi connectivity index (χ4v) is 6.79. The summed E-state index contributed by atoms with van der Waals surface area (Å²) < 4.78 is 0. The third-order valence-electron chi connectivity index (χ3n) is 6.47. The Hall–Kier alpha value is -0.160. The topological polar surface area (TPSA) is 23.8 Å². The van der Waals surface area contributed by atoms with Crippen molar-refractivity contribution >= 4 is 11.8 Å². The monoisotopic (exact) mass is 263 g/mol. The molecule has 0 amide bonds. The van der Waals surface area contributed by atoms with Crippen molar-refractivity contribution in [1.82, 2.24) is 0 Å². The lowest BCUT2D eigenvalue weighted by atomic mass is 9.50. The summed E-state index contributed by atoms with van der Waals surface area (Å²) >= 11 is 1.56. The Bertz CT molecular complexity index is 398. The molecule has 0 saturated heterocycles. The highest BCUT2D eigenvalue weighted by molar-refractivity contribution is 8.04. The van der Waals surface area contributed by atoms with E-state index in [-0.39, 0.29) is 0 Å². The van der Waals surface area contributed by atoms with Gasteiger partial charge in [0.2, 0.25) is 0 Å². The average molecular weight is 263 g/mol. The van der Waals surface area contributed by atoms with Crippen LogP contribution in [0.3, 0.4) is 0 Å². The van der Waals surface area contributed by atoms with Crippen LogP contribution in [-0.2, 0) is 0 Å². The fraction of sp³-hybridized carbons (Fsp3) is 0.938. The van der Waals surface area contributed by atoms with Crippen molar-refractivity contribution in [3.05, 3.63) is 0 Å². The Kier molecular flexibility index (Phi) is 2.80. The van der Waals surface area contributed by atoms with E-state index in [1.165, 1.54) is 25.7 Å². The second-order valence-electron chi connectivity index (χ2n) is 8.00. The molecule has 6 atom stereocenters. The molecule has 0 N–H and O–H groups in total. The molecule has 0 aromatic heterocycles. The van der Waals surface area contributed by atoms with Crippen molar-refractivity contribution in [2.45, 2.75) is 58.6 Å². The smallest absolute Gasteiger partial charge is 0.133 e. The van der Waals surface area contributed by atoms with Crippen molar-refractivity contribution in [2.24, 2.45) is 34.5 Å². The number of thiocyanates is 1.